The fourth-order valence-electron chi connectivity index (χ4n) is 4.05. The lowest BCUT2D eigenvalue weighted by Crippen LogP contribution is -2.00. The predicted octanol–water partition coefficient (Wildman–Crippen LogP) is 5.21. The largest absolute Gasteiger partial charge is 0.342 e. The maximum Gasteiger partial charge on any atom is 0.0691 e. The van der Waals surface area contributed by atoms with Crippen LogP contribution in [0.1, 0.15) is 18.1 Å². The van der Waals surface area contributed by atoms with E-state index in [1.165, 1.54) is 44.3 Å². The second-order valence-corrected chi connectivity index (χ2v) is 6.31. The first-order valence-electron chi connectivity index (χ1n) is 8.25. The van der Waals surface area contributed by atoms with Gasteiger partial charge in [0.05, 0.1) is 11.4 Å². The molecule has 2 aromatic carbocycles. The van der Waals surface area contributed by atoms with Gasteiger partial charge < -0.3 is 9.13 Å². The minimum Gasteiger partial charge on any atom is -0.342 e. The van der Waals surface area contributed by atoms with Crippen molar-refractivity contribution in [3.8, 4) is 11.4 Å². The molecule has 4 rings (SSSR count). The molecular weight excluding hydrogens is 280 g/mol. The van der Waals surface area contributed by atoms with Gasteiger partial charge in [-0.25, -0.2) is 0 Å². The Morgan fingerprint density at radius 1 is 0.739 bits per heavy atom. The van der Waals surface area contributed by atoms with E-state index in [0.717, 1.165) is 6.42 Å². The molecular formula is C21H22N2. The summed E-state index contributed by atoms with van der Waals surface area (Å²) < 4.78 is 4.70. The van der Waals surface area contributed by atoms with Gasteiger partial charge in [0.15, 0.2) is 0 Å². The number of benzene rings is 2. The molecule has 0 atom stereocenters. The van der Waals surface area contributed by atoms with Crippen molar-refractivity contribution in [3.05, 3.63) is 59.7 Å². The van der Waals surface area contributed by atoms with E-state index in [9.17, 15) is 0 Å². The number of para-hydroxylation sites is 2. The molecule has 0 saturated carbocycles. The molecule has 0 spiro atoms. The number of hydrogen-bond acceptors (Lipinski definition) is 0. The van der Waals surface area contributed by atoms with Gasteiger partial charge in [-0.3, -0.25) is 0 Å². The van der Waals surface area contributed by atoms with Crippen molar-refractivity contribution in [2.24, 2.45) is 14.1 Å². The zero-order chi connectivity index (χ0) is 16.1. The summed E-state index contributed by atoms with van der Waals surface area (Å²) in [4.78, 5) is 0. The lowest BCUT2D eigenvalue weighted by atomic mass is 10.0. The summed E-state index contributed by atoms with van der Waals surface area (Å²) in [5.41, 5.74) is 8.10. The topological polar surface area (TPSA) is 9.86 Å². The van der Waals surface area contributed by atoms with Crippen molar-refractivity contribution in [3.63, 3.8) is 0 Å². The number of aromatic nitrogens is 2. The first-order valence-corrected chi connectivity index (χ1v) is 8.25. The van der Waals surface area contributed by atoms with Crippen LogP contribution in [0.15, 0.2) is 48.5 Å². The van der Waals surface area contributed by atoms with Crippen LogP contribution in [0, 0.1) is 6.92 Å². The van der Waals surface area contributed by atoms with E-state index in [-0.39, 0.29) is 0 Å². The van der Waals surface area contributed by atoms with Crippen molar-refractivity contribution >= 4 is 21.8 Å². The van der Waals surface area contributed by atoms with Gasteiger partial charge in [0.2, 0.25) is 0 Å². The molecule has 0 radical (unpaired) electrons. The molecule has 0 unspecified atom stereocenters. The standard InChI is InChI=1S/C21H22N2/c1-5-15-17-11-7-9-13-19(17)23(4)21(15)20-14(2)16-10-6-8-12-18(16)22(20)3/h6-13H,5H2,1-4H3. The molecule has 2 aromatic heterocycles. The van der Waals surface area contributed by atoms with Crippen LogP contribution in [0.5, 0.6) is 0 Å². The highest BCUT2D eigenvalue weighted by molar-refractivity contribution is 5.96. The van der Waals surface area contributed by atoms with Gasteiger partial charge in [-0.15, -0.1) is 0 Å². The Morgan fingerprint density at radius 3 is 1.87 bits per heavy atom. The van der Waals surface area contributed by atoms with E-state index in [1.54, 1.807) is 0 Å². The molecule has 0 N–H and O–H groups in total. The zero-order valence-corrected chi connectivity index (χ0v) is 14.2. The first-order chi connectivity index (χ1) is 11.1. The number of hydrogen-bond donors (Lipinski definition) is 0. The molecule has 0 aliphatic rings. The van der Waals surface area contributed by atoms with E-state index in [2.05, 4.69) is 85.6 Å². The van der Waals surface area contributed by atoms with Crippen LogP contribution in [-0.2, 0) is 20.5 Å². The fraction of sp³-hybridized carbons (Fsp3) is 0.238. The van der Waals surface area contributed by atoms with E-state index in [1.807, 2.05) is 0 Å². The Balaban J connectivity index is 2.17. The summed E-state index contributed by atoms with van der Waals surface area (Å²) in [6.07, 6.45) is 1.04. The van der Waals surface area contributed by atoms with Crippen LogP contribution in [-0.4, -0.2) is 9.13 Å². The molecule has 116 valence electrons. The van der Waals surface area contributed by atoms with E-state index < -0.39 is 0 Å². The average Bonchev–Trinajstić information content (AvgIpc) is 3.00. The van der Waals surface area contributed by atoms with Crippen LogP contribution >= 0.6 is 0 Å². The number of nitrogens with zero attached hydrogens (tertiary/aromatic N) is 2. The Kier molecular flexibility index (Phi) is 3.08. The SMILES string of the molecule is CCc1c(-c2c(C)c3ccccc3n2C)n(C)c2ccccc12. The molecule has 0 aliphatic heterocycles. The monoisotopic (exact) mass is 302 g/mol. The summed E-state index contributed by atoms with van der Waals surface area (Å²) >= 11 is 0. The summed E-state index contributed by atoms with van der Waals surface area (Å²) in [5, 5.41) is 2.72. The minimum atomic E-state index is 1.04. The van der Waals surface area contributed by atoms with Crippen molar-refractivity contribution in [1.29, 1.82) is 0 Å². The quantitative estimate of drug-likeness (QED) is 0.481. The highest BCUT2D eigenvalue weighted by Crippen LogP contribution is 2.38. The maximum absolute atomic E-state index is 2.36. The lowest BCUT2D eigenvalue weighted by molar-refractivity contribution is 0.910. The minimum absolute atomic E-state index is 1.04. The molecule has 2 nitrogen and oxygen atoms in total. The lowest BCUT2D eigenvalue weighted by Gasteiger charge is -2.11. The van der Waals surface area contributed by atoms with Gasteiger partial charge in [-0.2, -0.15) is 0 Å². The van der Waals surface area contributed by atoms with Crippen LogP contribution in [0.4, 0.5) is 0 Å². The third-order valence-corrected chi connectivity index (χ3v) is 5.15. The van der Waals surface area contributed by atoms with Gasteiger partial charge >= 0.3 is 0 Å². The van der Waals surface area contributed by atoms with Crippen LogP contribution in [0.3, 0.4) is 0 Å². The molecule has 2 heterocycles. The van der Waals surface area contributed by atoms with Crippen molar-refractivity contribution in [2.75, 3.05) is 0 Å². The summed E-state index contributed by atoms with van der Waals surface area (Å²) in [6.45, 7) is 4.50. The Hall–Kier alpha value is -2.48. The molecule has 23 heavy (non-hydrogen) atoms. The number of aryl methyl sites for hydroxylation is 4. The number of rotatable bonds is 2. The highest BCUT2D eigenvalue weighted by atomic mass is 15.0. The second kappa shape index (κ2) is 5.02. The normalized spacial score (nSPS) is 11.7. The second-order valence-electron chi connectivity index (χ2n) is 6.31. The molecule has 0 saturated heterocycles. The van der Waals surface area contributed by atoms with Crippen LogP contribution < -0.4 is 0 Å². The Labute approximate surface area is 137 Å². The van der Waals surface area contributed by atoms with Gasteiger partial charge in [0.25, 0.3) is 0 Å². The maximum atomic E-state index is 2.36. The Bertz CT molecular complexity index is 992. The molecule has 2 heteroatoms. The van der Waals surface area contributed by atoms with Crippen LogP contribution in [0.25, 0.3) is 33.2 Å². The zero-order valence-electron chi connectivity index (χ0n) is 14.2. The molecule has 0 aliphatic carbocycles. The highest BCUT2D eigenvalue weighted by Gasteiger charge is 2.21. The van der Waals surface area contributed by atoms with Crippen molar-refractivity contribution in [2.45, 2.75) is 20.3 Å². The van der Waals surface area contributed by atoms with Crippen LogP contribution in [0.2, 0.25) is 0 Å². The molecule has 4 aromatic rings. The van der Waals surface area contributed by atoms with Gasteiger partial charge in [-0.05, 0) is 36.6 Å². The fourth-order valence-corrected chi connectivity index (χ4v) is 4.05. The summed E-state index contributed by atoms with van der Waals surface area (Å²) in [6, 6.07) is 17.4. The average molecular weight is 302 g/mol. The third-order valence-electron chi connectivity index (χ3n) is 5.15. The molecule has 0 fully saturated rings. The van der Waals surface area contributed by atoms with Crippen molar-refractivity contribution in [1.82, 2.24) is 9.13 Å². The number of fused-ring (bicyclic) bond motifs is 2. The van der Waals surface area contributed by atoms with E-state index >= 15 is 0 Å². The first kappa shape index (κ1) is 14.1. The molecule has 0 bridgehead atoms. The predicted molar refractivity (Wildman–Crippen MR) is 98.9 cm³/mol. The van der Waals surface area contributed by atoms with Crippen molar-refractivity contribution < 1.29 is 0 Å². The van der Waals surface area contributed by atoms with E-state index in [4.69, 9.17) is 0 Å². The summed E-state index contributed by atoms with van der Waals surface area (Å²) in [7, 11) is 4.37. The van der Waals surface area contributed by atoms with Gasteiger partial charge in [-0.1, -0.05) is 43.3 Å². The summed E-state index contributed by atoms with van der Waals surface area (Å²) in [5.74, 6) is 0. The third kappa shape index (κ3) is 1.81. The molecule has 0 amide bonds. The van der Waals surface area contributed by atoms with Gasteiger partial charge in [0.1, 0.15) is 0 Å². The smallest absolute Gasteiger partial charge is 0.0691 e. The Morgan fingerprint density at radius 2 is 1.26 bits per heavy atom. The van der Waals surface area contributed by atoms with E-state index in [0.29, 0.717) is 0 Å². The van der Waals surface area contributed by atoms with Gasteiger partial charge in [0, 0.05) is 35.9 Å².